The molecule has 5 rings (SSSR count). The number of nitrogens with one attached hydrogen (secondary N) is 1. The van der Waals surface area contributed by atoms with Gasteiger partial charge in [0.1, 0.15) is 5.76 Å². The monoisotopic (exact) mass is 423 g/mol. The van der Waals surface area contributed by atoms with Gasteiger partial charge in [-0.05, 0) is 46.1 Å². The van der Waals surface area contributed by atoms with Crippen LogP contribution in [0.3, 0.4) is 0 Å². The predicted octanol–water partition coefficient (Wildman–Crippen LogP) is 0.768. The highest BCUT2D eigenvalue weighted by atomic mass is 32.2. The summed E-state index contributed by atoms with van der Waals surface area (Å²) in [5.41, 5.74) is 0.312. The highest BCUT2D eigenvalue weighted by Crippen LogP contribution is 2.40. The number of fused-ring (bicyclic) bond motifs is 2. The average Bonchev–Trinajstić information content (AvgIpc) is 3.10. The molecular weight excluding hydrogens is 394 g/mol. The van der Waals surface area contributed by atoms with Crippen LogP contribution in [-0.4, -0.2) is 83.8 Å². The summed E-state index contributed by atoms with van der Waals surface area (Å²) in [5, 5.41) is 6.90. The molecule has 10 heteroatoms. The number of hydrogen-bond acceptors (Lipinski definition) is 6. The third kappa shape index (κ3) is 3.49. The van der Waals surface area contributed by atoms with Crippen molar-refractivity contribution in [3.05, 3.63) is 17.5 Å². The molecule has 1 N–H and O–H groups in total. The molecule has 29 heavy (non-hydrogen) atoms. The largest absolute Gasteiger partial charge is 0.360 e. The van der Waals surface area contributed by atoms with Gasteiger partial charge in [-0.25, -0.2) is 0 Å². The fourth-order valence-corrected chi connectivity index (χ4v) is 7.12. The fraction of sp³-hybridized carbons (Fsp3) is 0.789. The van der Waals surface area contributed by atoms with E-state index < -0.39 is 10.2 Å². The molecule has 4 heterocycles. The van der Waals surface area contributed by atoms with Crippen LogP contribution in [0.1, 0.15) is 61.2 Å². The Balaban J connectivity index is 1.19. The predicted molar refractivity (Wildman–Crippen MR) is 106 cm³/mol. The number of hydrogen-bond donors (Lipinski definition) is 1. The Bertz CT molecular complexity index is 896. The summed E-state index contributed by atoms with van der Waals surface area (Å²) in [7, 11) is -1.41. The Morgan fingerprint density at radius 3 is 2.59 bits per heavy atom. The number of carbonyl (C=O) groups excluding carboxylic acids is 1. The van der Waals surface area contributed by atoms with E-state index in [0.717, 1.165) is 31.6 Å². The summed E-state index contributed by atoms with van der Waals surface area (Å²) in [4.78, 5) is 14.8. The van der Waals surface area contributed by atoms with Gasteiger partial charge in [0.15, 0.2) is 5.69 Å². The fourth-order valence-electron chi connectivity index (χ4n) is 5.09. The molecule has 0 aromatic carbocycles. The van der Waals surface area contributed by atoms with E-state index >= 15 is 0 Å². The first-order valence-electron chi connectivity index (χ1n) is 10.6. The second kappa shape index (κ2) is 7.04. The first-order chi connectivity index (χ1) is 13.8. The molecule has 2 bridgehead atoms. The third-order valence-electron chi connectivity index (χ3n) is 6.95. The SMILES string of the molecule is C[C@H]1C[C@@H](NC(=O)c2cc(C3CC3)on2)CCN1S(=O)(=O)N1C[C@@H]2C[C@H]1CN2C. The summed E-state index contributed by atoms with van der Waals surface area (Å²) >= 11 is 0. The quantitative estimate of drug-likeness (QED) is 0.751. The number of carbonyl (C=O) groups is 1. The maximum atomic E-state index is 13.2. The number of nitrogens with zero attached hydrogens (tertiary/aromatic N) is 4. The van der Waals surface area contributed by atoms with Crippen LogP contribution in [0.4, 0.5) is 0 Å². The molecule has 1 saturated carbocycles. The first-order valence-corrected chi connectivity index (χ1v) is 12.0. The molecule has 3 saturated heterocycles. The minimum atomic E-state index is -3.47. The van der Waals surface area contributed by atoms with Crippen molar-refractivity contribution in [2.24, 2.45) is 0 Å². The standard InChI is InChI=1S/C19H29N5O4S/c1-12-7-14(20-19(25)17-9-18(28-21-17)13-3-4-13)5-6-23(12)29(26,27)24-11-15-8-16(24)10-22(15)2/h9,12-16H,3-8,10-11H2,1-2H3,(H,20,25)/t12-,14-,15-,16-/m0/s1. The summed E-state index contributed by atoms with van der Waals surface area (Å²) < 4.78 is 35.1. The number of likely N-dealkylation sites (tertiary alicyclic amines) is 1. The normalized spacial score (nSPS) is 34.0. The Morgan fingerprint density at radius 1 is 1.17 bits per heavy atom. The number of amides is 1. The smallest absolute Gasteiger partial charge is 0.282 e. The first kappa shape index (κ1) is 19.5. The van der Waals surface area contributed by atoms with Gasteiger partial charge < -0.3 is 14.7 Å². The van der Waals surface area contributed by atoms with Gasteiger partial charge in [0.05, 0.1) is 0 Å². The topological polar surface area (TPSA) is 99.0 Å². The second-order valence-corrected chi connectivity index (χ2v) is 10.9. The lowest BCUT2D eigenvalue weighted by Crippen LogP contribution is -2.57. The maximum Gasteiger partial charge on any atom is 0.282 e. The van der Waals surface area contributed by atoms with E-state index in [4.69, 9.17) is 4.52 Å². The Kier molecular flexibility index (Phi) is 4.73. The Hall–Kier alpha value is -1.49. The second-order valence-electron chi connectivity index (χ2n) is 9.10. The highest BCUT2D eigenvalue weighted by molar-refractivity contribution is 7.86. The molecule has 1 amide bonds. The minimum Gasteiger partial charge on any atom is -0.360 e. The lowest BCUT2D eigenvalue weighted by Gasteiger charge is -2.41. The molecule has 160 valence electrons. The Morgan fingerprint density at radius 2 is 1.97 bits per heavy atom. The van der Waals surface area contributed by atoms with Crippen LogP contribution in [0.2, 0.25) is 0 Å². The van der Waals surface area contributed by atoms with Gasteiger partial charge in [0.25, 0.3) is 16.1 Å². The van der Waals surface area contributed by atoms with Crippen molar-refractivity contribution in [1.82, 2.24) is 24.0 Å². The molecule has 0 radical (unpaired) electrons. The van der Waals surface area contributed by atoms with Crippen LogP contribution in [-0.2, 0) is 10.2 Å². The zero-order valence-corrected chi connectivity index (χ0v) is 17.8. The molecule has 4 fully saturated rings. The van der Waals surface area contributed by atoms with E-state index in [9.17, 15) is 13.2 Å². The van der Waals surface area contributed by atoms with Crippen molar-refractivity contribution in [2.45, 2.75) is 69.1 Å². The number of rotatable bonds is 5. The average molecular weight is 424 g/mol. The molecule has 1 aromatic rings. The van der Waals surface area contributed by atoms with E-state index in [2.05, 4.69) is 22.4 Å². The van der Waals surface area contributed by atoms with Crippen LogP contribution < -0.4 is 5.32 Å². The molecule has 1 aromatic heterocycles. The van der Waals surface area contributed by atoms with Crippen LogP contribution in [0.15, 0.2) is 10.6 Å². The summed E-state index contributed by atoms with van der Waals surface area (Å²) in [6.07, 6.45) is 4.31. The lowest BCUT2D eigenvalue weighted by atomic mass is 10.0. The van der Waals surface area contributed by atoms with Crippen molar-refractivity contribution in [3.63, 3.8) is 0 Å². The van der Waals surface area contributed by atoms with E-state index in [0.29, 0.717) is 43.6 Å². The van der Waals surface area contributed by atoms with E-state index in [1.54, 1.807) is 14.7 Å². The van der Waals surface area contributed by atoms with Crippen molar-refractivity contribution in [1.29, 1.82) is 0 Å². The molecule has 9 nitrogen and oxygen atoms in total. The molecule has 4 aliphatic rings. The lowest BCUT2D eigenvalue weighted by molar-refractivity contribution is 0.0903. The molecule has 0 unspecified atom stereocenters. The maximum absolute atomic E-state index is 13.2. The van der Waals surface area contributed by atoms with Gasteiger partial charge in [-0.3, -0.25) is 4.79 Å². The van der Waals surface area contributed by atoms with Gasteiger partial charge in [-0.1, -0.05) is 5.16 Å². The van der Waals surface area contributed by atoms with Crippen molar-refractivity contribution in [3.8, 4) is 0 Å². The molecule has 3 aliphatic heterocycles. The van der Waals surface area contributed by atoms with E-state index in [-0.39, 0.29) is 24.0 Å². The van der Waals surface area contributed by atoms with Gasteiger partial charge in [-0.15, -0.1) is 0 Å². The molecule has 1 aliphatic carbocycles. The number of piperazine rings is 1. The number of aromatic nitrogens is 1. The number of piperidine rings is 1. The van der Waals surface area contributed by atoms with Gasteiger partial charge in [0.2, 0.25) is 0 Å². The summed E-state index contributed by atoms with van der Waals surface area (Å²) in [6, 6.07) is 1.94. The Labute approximate surface area is 171 Å². The van der Waals surface area contributed by atoms with Crippen LogP contribution in [0, 0.1) is 0 Å². The molecule has 4 atom stereocenters. The molecule has 0 spiro atoms. The van der Waals surface area contributed by atoms with Gasteiger partial charge in [0, 0.05) is 55.8 Å². The minimum absolute atomic E-state index is 0.0637. The van der Waals surface area contributed by atoms with E-state index in [1.807, 2.05) is 6.92 Å². The van der Waals surface area contributed by atoms with Gasteiger partial charge >= 0.3 is 0 Å². The van der Waals surface area contributed by atoms with Crippen molar-refractivity contribution < 1.29 is 17.7 Å². The van der Waals surface area contributed by atoms with Crippen LogP contribution in [0.5, 0.6) is 0 Å². The van der Waals surface area contributed by atoms with Crippen molar-refractivity contribution in [2.75, 3.05) is 26.7 Å². The summed E-state index contributed by atoms with van der Waals surface area (Å²) in [6.45, 7) is 3.75. The zero-order valence-electron chi connectivity index (χ0n) is 17.0. The summed E-state index contributed by atoms with van der Waals surface area (Å²) in [5.74, 6) is 0.960. The van der Waals surface area contributed by atoms with Crippen LogP contribution in [0.25, 0.3) is 0 Å². The van der Waals surface area contributed by atoms with Crippen LogP contribution >= 0.6 is 0 Å². The van der Waals surface area contributed by atoms with Gasteiger partial charge in [-0.2, -0.15) is 17.0 Å². The highest BCUT2D eigenvalue weighted by Gasteiger charge is 2.49. The molecular formula is C19H29N5O4S. The third-order valence-corrected chi connectivity index (χ3v) is 9.12. The van der Waals surface area contributed by atoms with E-state index in [1.165, 1.54) is 0 Å². The van der Waals surface area contributed by atoms with Crippen molar-refractivity contribution >= 4 is 16.1 Å². The zero-order chi connectivity index (χ0) is 20.3. The number of likely N-dealkylation sites (N-methyl/N-ethyl adjacent to an activating group) is 1.